The van der Waals surface area contributed by atoms with Gasteiger partial charge >= 0.3 is 5.97 Å². The van der Waals surface area contributed by atoms with E-state index in [1.165, 1.54) is 43.5 Å². The average Bonchev–Trinajstić information content (AvgIpc) is 3.14. The summed E-state index contributed by atoms with van der Waals surface area (Å²) in [6.07, 6.45) is 1.53. The molecule has 0 bridgehead atoms. The van der Waals surface area contributed by atoms with Crippen LogP contribution in [0.1, 0.15) is 16.7 Å². The quantitative estimate of drug-likeness (QED) is 0.324. The number of rotatable bonds is 6. The summed E-state index contributed by atoms with van der Waals surface area (Å²) in [5, 5.41) is 0. The van der Waals surface area contributed by atoms with E-state index >= 15 is 0 Å². The lowest BCUT2D eigenvalue weighted by Crippen LogP contribution is -2.05. The van der Waals surface area contributed by atoms with Crippen molar-refractivity contribution in [2.45, 2.75) is 6.61 Å². The van der Waals surface area contributed by atoms with Crippen molar-refractivity contribution in [1.82, 2.24) is 0 Å². The number of ether oxygens (including phenoxy) is 3. The smallest absolute Gasteiger partial charge is 0.363 e. The molecule has 1 aliphatic heterocycles. The predicted octanol–water partition coefficient (Wildman–Crippen LogP) is 5.66. The molecule has 1 heterocycles. The minimum Gasteiger partial charge on any atom is -0.493 e. The zero-order valence-corrected chi connectivity index (χ0v) is 18.4. The van der Waals surface area contributed by atoms with E-state index in [0.717, 1.165) is 5.56 Å². The van der Waals surface area contributed by atoms with Gasteiger partial charge in [0.2, 0.25) is 5.90 Å². The number of methoxy groups -OCH3 is 1. The molecular weight excluding hydrogens is 484 g/mol. The summed E-state index contributed by atoms with van der Waals surface area (Å²) in [6.45, 7) is 0.212. The normalized spacial score (nSPS) is 14.3. The molecule has 0 fully saturated rings. The highest BCUT2D eigenvalue weighted by Crippen LogP contribution is 2.38. The van der Waals surface area contributed by atoms with Crippen molar-refractivity contribution in [2.75, 3.05) is 7.11 Å². The van der Waals surface area contributed by atoms with E-state index < -0.39 is 11.8 Å². The second-order valence-corrected chi connectivity index (χ2v) is 7.65. The van der Waals surface area contributed by atoms with Crippen LogP contribution in [0.4, 0.5) is 8.78 Å². The van der Waals surface area contributed by atoms with Gasteiger partial charge in [-0.15, -0.1) is 0 Å². The monoisotopic (exact) mass is 499 g/mol. The first-order chi connectivity index (χ1) is 15.4. The van der Waals surface area contributed by atoms with Gasteiger partial charge in [-0.25, -0.2) is 18.6 Å². The molecule has 1 aliphatic rings. The van der Waals surface area contributed by atoms with Crippen LogP contribution in [0.2, 0.25) is 0 Å². The summed E-state index contributed by atoms with van der Waals surface area (Å²) in [5.41, 5.74) is 1.83. The minimum absolute atomic E-state index is 0.0334. The fourth-order valence-corrected chi connectivity index (χ4v) is 3.59. The van der Waals surface area contributed by atoms with Crippen molar-refractivity contribution < 1.29 is 27.8 Å². The summed E-state index contributed by atoms with van der Waals surface area (Å²) in [7, 11) is 1.49. The molecule has 3 aromatic carbocycles. The van der Waals surface area contributed by atoms with Crippen molar-refractivity contribution in [2.24, 2.45) is 4.99 Å². The molecule has 0 aliphatic carbocycles. The maximum atomic E-state index is 13.5. The Bertz CT molecular complexity index is 1240. The number of nitrogens with zero attached hydrogens (tertiary/aromatic N) is 1. The molecule has 0 spiro atoms. The van der Waals surface area contributed by atoms with E-state index in [9.17, 15) is 13.6 Å². The summed E-state index contributed by atoms with van der Waals surface area (Å²) in [5.74, 6) is -0.505. The van der Waals surface area contributed by atoms with Crippen LogP contribution < -0.4 is 9.47 Å². The van der Waals surface area contributed by atoms with Crippen LogP contribution in [-0.4, -0.2) is 19.0 Å². The van der Waals surface area contributed by atoms with Gasteiger partial charge in [0.1, 0.15) is 18.2 Å². The average molecular weight is 500 g/mol. The molecule has 3 aromatic rings. The number of esters is 1. The third kappa shape index (κ3) is 4.86. The summed E-state index contributed by atoms with van der Waals surface area (Å²) in [4.78, 5) is 16.4. The van der Waals surface area contributed by atoms with E-state index in [4.69, 9.17) is 14.2 Å². The number of cyclic esters (lactones) is 1. The van der Waals surface area contributed by atoms with E-state index in [-0.39, 0.29) is 24.0 Å². The molecular formula is C24H16BrF2NO4. The maximum Gasteiger partial charge on any atom is 0.363 e. The molecule has 0 atom stereocenters. The van der Waals surface area contributed by atoms with Gasteiger partial charge < -0.3 is 14.2 Å². The molecule has 5 nitrogen and oxygen atoms in total. The Morgan fingerprint density at radius 2 is 1.84 bits per heavy atom. The van der Waals surface area contributed by atoms with Gasteiger partial charge in [0.15, 0.2) is 17.2 Å². The first kappa shape index (κ1) is 21.7. The van der Waals surface area contributed by atoms with Gasteiger partial charge in [-0.1, -0.05) is 18.2 Å². The summed E-state index contributed by atoms with van der Waals surface area (Å²) in [6, 6.07) is 15.0. The van der Waals surface area contributed by atoms with Crippen LogP contribution in [0.25, 0.3) is 6.08 Å². The number of aliphatic imine (C=N–C) groups is 1. The molecule has 8 heteroatoms. The second-order valence-electron chi connectivity index (χ2n) is 6.80. The van der Waals surface area contributed by atoms with Gasteiger partial charge in [0.05, 0.1) is 11.6 Å². The second kappa shape index (κ2) is 9.32. The van der Waals surface area contributed by atoms with E-state index in [0.29, 0.717) is 27.1 Å². The molecule has 4 rings (SSSR count). The lowest BCUT2D eigenvalue weighted by atomic mass is 10.1. The van der Waals surface area contributed by atoms with Crippen molar-refractivity contribution >= 4 is 33.9 Å². The Morgan fingerprint density at radius 3 is 2.56 bits per heavy atom. The van der Waals surface area contributed by atoms with Gasteiger partial charge in [0.25, 0.3) is 0 Å². The number of benzene rings is 3. The molecule has 0 N–H and O–H groups in total. The molecule has 0 amide bonds. The Hall–Kier alpha value is -3.52. The lowest BCUT2D eigenvalue weighted by molar-refractivity contribution is -0.129. The van der Waals surface area contributed by atoms with E-state index in [1.807, 2.05) is 0 Å². The van der Waals surface area contributed by atoms with Crippen molar-refractivity contribution in [3.8, 4) is 11.5 Å². The van der Waals surface area contributed by atoms with Crippen LogP contribution in [0.3, 0.4) is 0 Å². The van der Waals surface area contributed by atoms with Crippen LogP contribution in [0.15, 0.2) is 75.8 Å². The number of halogens is 3. The predicted molar refractivity (Wildman–Crippen MR) is 118 cm³/mol. The Labute approximate surface area is 191 Å². The number of carbonyl (C=O) groups is 1. The topological polar surface area (TPSA) is 57.1 Å². The fourth-order valence-electron chi connectivity index (χ4n) is 3.01. The Balaban J connectivity index is 1.59. The van der Waals surface area contributed by atoms with Crippen LogP contribution in [0.5, 0.6) is 11.5 Å². The molecule has 32 heavy (non-hydrogen) atoms. The van der Waals surface area contributed by atoms with Crippen LogP contribution in [0, 0.1) is 11.6 Å². The number of hydrogen-bond acceptors (Lipinski definition) is 5. The molecule has 162 valence electrons. The zero-order chi connectivity index (χ0) is 22.7. The molecule has 0 saturated carbocycles. The fraction of sp³-hybridized carbons (Fsp3) is 0.0833. The third-order valence-corrected chi connectivity index (χ3v) is 5.13. The summed E-state index contributed by atoms with van der Waals surface area (Å²) >= 11 is 3.46. The van der Waals surface area contributed by atoms with Crippen molar-refractivity contribution in [3.05, 3.63) is 99.2 Å². The number of carbonyl (C=O) groups excluding carboxylic acids is 1. The molecule has 0 unspecified atom stereocenters. The number of hydrogen-bond donors (Lipinski definition) is 0. The first-order valence-electron chi connectivity index (χ1n) is 9.46. The van der Waals surface area contributed by atoms with Gasteiger partial charge in [-0.05, 0) is 75.6 Å². The van der Waals surface area contributed by atoms with E-state index in [2.05, 4.69) is 20.9 Å². The highest BCUT2D eigenvalue weighted by atomic mass is 79.9. The molecule has 0 saturated heterocycles. The minimum atomic E-state index is -0.643. The van der Waals surface area contributed by atoms with Gasteiger partial charge in [-0.3, -0.25) is 0 Å². The third-order valence-electron chi connectivity index (χ3n) is 4.54. The SMILES string of the molecule is COc1cc(/C=C2\N=C(c3cccc(F)c3)OC2=O)cc(Br)c1OCc1ccc(F)cc1. The standard InChI is InChI=1S/C24H16BrF2NO4/c1-30-21-11-15(9-19(25)22(21)31-13-14-5-7-17(26)8-6-14)10-20-24(29)32-23(28-20)16-3-2-4-18(27)12-16/h2-12H,13H2,1H3/b20-10-. The Kier molecular flexibility index (Phi) is 6.32. The lowest BCUT2D eigenvalue weighted by Gasteiger charge is -2.13. The highest BCUT2D eigenvalue weighted by Gasteiger charge is 2.24. The van der Waals surface area contributed by atoms with Crippen molar-refractivity contribution in [1.29, 1.82) is 0 Å². The van der Waals surface area contributed by atoms with Crippen LogP contribution >= 0.6 is 15.9 Å². The van der Waals surface area contributed by atoms with Gasteiger partial charge in [-0.2, -0.15) is 0 Å². The Morgan fingerprint density at radius 1 is 1.06 bits per heavy atom. The summed E-state index contributed by atoms with van der Waals surface area (Å²) < 4.78 is 43.6. The van der Waals surface area contributed by atoms with Crippen molar-refractivity contribution in [3.63, 3.8) is 0 Å². The largest absolute Gasteiger partial charge is 0.493 e. The zero-order valence-electron chi connectivity index (χ0n) is 16.8. The van der Waals surface area contributed by atoms with Gasteiger partial charge in [0, 0.05) is 5.56 Å². The van der Waals surface area contributed by atoms with E-state index in [1.54, 1.807) is 30.3 Å². The maximum absolute atomic E-state index is 13.5. The molecule has 0 aromatic heterocycles. The van der Waals surface area contributed by atoms with Crippen LogP contribution in [-0.2, 0) is 16.1 Å². The molecule has 0 radical (unpaired) electrons. The first-order valence-corrected chi connectivity index (χ1v) is 10.3. The highest BCUT2D eigenvalue weighted by molar-refractivity contribution is 9.10.